The summed E-state index contributed by atoms with van der Waals surface area (Å²) in [5, 5.41) is 0. The Morgan fingerprint density at radius 3 is 2.75 bits per heavy atom. The maximum atomic E-state index is 5.80. The fourth-order valence-corrected chi connectivity index (χ4v) is 1.90. The number of nitrogen functional groups attached to an aromatic ring is 1. The summed E-state index contributed by atoms with van der Waals surface area (Å²) in [6.07, 6.45) is 1.03. The topological polar surface area (TPSA) is 38.5 Å². The van der Waals surface area contributed by atoms with Crippen LogP contribution in [0.15, 0.2) is 24.3 Å². The van der Waals surface area contributed by atoms with Gasteiger partial charge in [-0.15, -0.1) is 0 Å². The molecule has 0 bridgehead atoms. The largest absolute Gasteiger partial charge is 0.399 e. The maximum Gasteiger partial charge on any atom is 0.0481 e. The number of anilines is 2. The highest BCUT2D eigenvalue weighted by atomic mass is 16.5. The third-order valence-corrected chi connectivity index (χ3v) is 2.81. The second-order valence-electron chi connectivity index (χ2n) is 4.01. The molecule has 90 valence electrons. The Bertz CT molecular complexity index is 315. The Labute approximate surface area is 98.2 Å². The van der Waals surface area contributed by atoms with Gasteiger partial charge >= 0.3 is 0 Å². The van der Waals surface area contributed by atoms with Crippen molar-refractivity contribution in [1.29, 1.82) is 0 Å². The normalized spacial score (nSPS) is 12.4. The Hall–Kier alpha value is -1.22. The number of methoxy groups -OCH3 is 1. The zero-order valence-electron chi connectivity index (χ0n) is 10.4. The Balaban J connectivity index is 2.73. The third-order valence-electron chi connectivity index (χ3n) is 2.81. The van der Waals surface area contributed by atoms with E-state index in [1.54, 1.807) is 7.11 Å². The minimum absolute atomic E-state index is 0.465. The molecule has 0 radical (unpaired) electrons. The van der Waals surface area contributed by atoms with Crippen molar-refractivity contribution < 1.29 is 4.74 Å². The quantitative estimate of drug-likeness (QED) is 0.752. The minimum atomic E-state index is 0.465. The highest BCUT2D eigenvalue weighted by Crippen LogP contribution is 2.20. The molecule has 0 aromatic heterocycles. The predicted molar refractivity (Wildman–Crippen MR) is 69.8 cm³/mol. The van der Waals surface area contributed by atoms with Crippen molar-refractivity contribution in [1.82, 2.24) is 0 Å². The van der Waals surface area contributed by atoms with E-state index in [0.717, 1.165) is 25.3 Å². The number of ether oxygens (including phenoxy) is 1. The predicted octanol–water partition coefficient (Wildman–Crippen LogP) is 2.52. The Morgan fingerprint density at radius 1 is 1.44 bits per heavy atom. The minimum Gasteiger partial charge on any atom is -0.399 e. The van der Waals surface area contributed by atoms with Crippen molar-refractivity contribution >= 4 is 11.4 Å². The summed E-state index contributed by atoms with van der Waals surface area (Å²) in [5.41, 5.74) is 7.80. The van der Waals surface area contributed by atoms with Crippen LogP contribution in [0.5, 0.6) is 0 Å². The molecule has 0 saturated heterocycles. The van der Waals surface area contributed by atoms with E-state index < -0.39 is 0 Å². The Morgan fingerprint density at radius 2 is 2.19 bits per heavy atom. The van der Waals surface area contributed by atoms with E-state index >= 15 is 0 Å². The van der Waals surface area contributed by atoms with Gasteiger partial charge in [0.15, 0.2) is 0 Å². The number of hydrogen-bond acceptors (Lipinski definition) is 3. The lowest BCUT2D eigenvalue weighted by Gasteiger charge is -2.30. The monoisotopic (exact) mass is 222 g/mol. The van der Waals surface area contributed by atoms with Crippen molar-refractivity contribution in [3.63, 3.8) is 0 Å². The zero-order chi connectivity index (χ0) is 12.0. The summed E-state index contributed by atoms with van der Waals surface area (Å²) in [7, 11) is 1.74. The molecule has 1 aromatic rings. The second kappa shape index (κ2) is 6.38. The van der Waals surface area contributed by atoms with Gasteiger partial charge in [-0.3, -0.25) is 0 Å². The van der Waals surface area contributed by atoms with Gasteiger partial charge in [0.05, 0.1) is 0 Å². The average Bonchev–Trinajstić information content (AvgIpc) is 2.27. The summed E-state index contributed by atoms with van der Waals surface area (Å²) in [4.78, 5) is 2.34. The molecule has 3 heteroatoms. The summed E-state index contributed by atoms with van der Waals surface area (Å²) in [6, 6.07) is 8.50. The molecular formula is C13H22N2O. The van der Waals surface area contributed by atoms with Crippen LogP contribution in [0.2, 0.25) is 0 Å². The van der Waals surface area contributed by atoms with Crippen LogP contribution in [-0.2, 0) is 4.74 Å². The molecule has 0 heterocycles. The van der Waals surface area contributed by atoms with E-state index in [4.69, 9.17) is 10.5 Å². The highest BCUT2D eigenvalue weighted by molar-refractivity contribution is 5.56. The molecule has 1 unspecified atom stereocenters. The summed E-state index contributed by atoms with van der Waals surface area (Å²) in [5.74, 6) is 0. The number of nitrogens with zero attached hydrogens (tertiary/aromatic N) is 1. The van der Waals surface area contributed by atoms with E-state index in [1.165, 1.54) is 5.69 Å². The van der Waals surface area contributed by atoms with Crippen molar-refractivity contribution in [3.05, 3.63) is 24.3 Å². The average molecular weight is 222 g/mol. The Kier molecular flexibility index (Phi) is 5.12. The van der Waals surface area contributed by atoms with Crippen LogP contribution >= 0.6 is 0 Å². The fraction of sp³-hybridized carbons (Fsp3) is 0.538. The first-order valence-corrected chi connectivity index (χ1v) is 5.80. The van der Waals surface area contributed by atoms with Crippen LogP contribution in [0.25, 0.3) is 0 Å². The molecule has 1 rings (SSSR count). The van der Waals surface area contributed by atoms with E-state index in [9.17, 15) is 0 Å². The van der Waals surface area contributed by atoms with Crippen molar-refractivity contribution in [2.24, 2.45) is 0 Å². The summed E-state index contributed by atoms with van der Waals surface area (Å²) in [6.45, 7) is 6.15. The van der Waals surface area contributed by atoms with Gasteiger partial charge in [-0.1, -0.05) is 6.07 Å². The zero-order valence-corrected chi connectivity index (χ0v) is 10.4. The van der Waals surface area contributed by atoms with Crippen LogP contribution < -0.4 is 10.6 Å². The molecule has 0 fully saturated rings. The number of hydrogen-bond donors (Lipinski definition) is 1. The third kappa shape index (κ3) is 3.42. The SMILES string of the molecule is CCN(c1cccc(N)c1)C(C)CCOC. The highest BCUT2D eigenvalue weighted by Gasteiger charge is 2.12. The standard InChI is InChI=1S/C13H22N2O/c1-4-15(11(2)8-9-16-3)13-7-5-6-12(14)10-13/h5-7,10-11H,4,8-9,14H2,1-3H3. The van der Waals surface area contributed by atoms with Gasteiger partial charge in [0, 0.05) is 37.7 Å². The van der Waals surface area contributed by atoms with Gasteiger partial charge in [0.25, 0.3) is 0 Å². The van der Waals surface area contributed by atoms with Gasteiger partial charge in [-0.2, -0.15) is 0 Å². The van der Waals surface area contributed by atoms with Gasteiger partial charge < -0.3 is 15.4 Å². The molecule has 0 aliphatic rings. The number of nitrogens with two attached hydrogens (primary N) is 1. The lowest BCUT2D eigenvalue weighted by Crippen LogP contribution is -2.33. The van der Waals surface area contributed by atoms with E-state index in [1.807, 2.05) is 18.2 Å². The number of benzene rings is 1. The molecular weight excluding hydrogens is 200 g/mol. The smallest absolute Gasteiger partial charge is 0.0481 e. The molecule has 0 aliphatic carbocycles. The molecule has 0 spiro atoms. The first kappa shape index (κ1) is 12.8. The van der Waals surface area contributed by atoms with Crippen molar-refractivity contribution in [2.45, 2.75) is 26.3 Å². The second-order valence-corrected chi connectivity index (χ2v) is 4.01. The van der Waals surface area contributed by atoms with Crippen molar-refractivity contribution in [3.8, 4) is 0 Å². The molecule has 2 N–H and O–H groups in total. The molecule has 3 nitrogen and oxygen atoms in total. The lowest BCUT2D eigenvalue weighted by molar-refractivity contribution is 0.188. The summed E-state index contributed by atoms with van der Waals surface area (Å²) >= 11 is 0. The van der Waals surface area contributed by atoms with E-state index in [2.05, 4.69) is 24.8 Å². The van der Waals surface area contributed by atoms with Crippen molar-refractivity contribution in [2.75, 3.05) is 30.9 Å². The fourth-order valence-electron chi connectivity index (χ4n) is 1.90. The van der Waals surface area contributed by atoms with E-state index in [0.29, 0.717) is 6.04 Å². The van der Waals surface area contributed by atoms with Crippen LogP contribution in [0.1, 0.15) is 20.3 Å². The maximum absolute atomic E-state index is 5.80. The van der Waals surface area contributed by atoms with Crippen LogP contribution in [0.4, 0.5) is 11.4 Å². The molecule has 1 aromatic carbocycles. The van der Waals surface area contributed by atoms with Crippen LogP contribution in [0.3, 0.4) is 0 Å². The summed E-state index contributed by atoms with van der Waals surface area (Å²) < 4.78 is 5.12. The molecule has 1 atom stereocenters. The van der Waals surface area contributed by atoms with Gasteiger partial charge in [0.1, 0.15) is 0 Å². The molecule has 0 amide bonds. The van der Waals surface area contributed by atoms with Gasteiger partial charge in [0.2, 0.25) is 0 Å². The van der Waals surface area contributed by atoms with Gasteiger partial charge in [-0.05, 0) is 38.5 Å². The number of rotatable bonds is 6. The molecule has 0 aliphatic heterocycles. The van der Waals surface area contributed by atoms with Crippen LogP contribution in [-0.4, -0.2) is 26.3 Å². The van der Waals surface area contributed by atoms with Gasteiger partial charge in [-0.25, -0.2) is 0 Å². The first-order valence-electron chi connectivity index (χ1n) is 5.80. The van der Waals surface area contributed by atoms with E-state index in [-0.39, 0.29) is 0 Å². The first-order chi connectivity index (χ1) is 7.69. The molecule has 16 heavy (non-hydrogen) atoms. The lowest BCUT2D eigenvalue weighted by atomic mass is 10.1. The van der Waals surface area contributed by atoms with Crippen LogP contribution in [0, 0.1) is 0 Å². The molecule has 0 saturated carbocycles.